The van der Waals surface area contributed by atoms with Gasteiger partial charge in [-0.25, -0.2) is 0 Å². The Morgan fingerprint density at radius 2 is 1.79 bits per heavy atom. The van der Waals surface area contributed by atoms with Crippen molar-refractivity contribution < 1.29 is 19.4 Å². The van der Waals surface area contributed by atoms with Crippen LogP contribution in [0.3, 0.4) is 0 Å². The number of nitrogens with zero attached hydrogens (tertiary/aromatic N) is 1. The van der Waals surface area contributed by atoms with E-state index in [1.807, 2.05) is 37.3 Å². The lowest BCUT2D eigenvalue weighted by Gasteiger charge is -2.38. The van der Waals surface area contributed by atoms with Crippen LogP contribution in [0, 0.1) is 0 Å². The van der Waals surface area contributed by atoms with Gasteiger partial charge < -0.3 is 19.9 Å². The van der Waals surface area contributed by atoms with E-state index in [0.29, 0.717) is 40.6 Å². The summed E-state index contributed by atoms with van der Waals surface area (Å²) in [7, 11) is 1.60. The van der Waals surface area contributed by atoms with Gasteiger partial charge in [-0.15, -0.1) is 0 Å². The van der Waals surface area contributed by atoms with E-state index in [4.69, 9.17) is 9.47 Å². The number of phenols is 1. The highest BCUT2D eigenvalue weighted by Gasteiger charge is 2.35. The highest BCUT2D eigenvalue weighted by Crippen LogP contribution is 2.42. The summed E-state index contributed by atoms with van der Waals surface area (Å²) in [5.41, 5.74) is 2.52. The number of rotatable bonds is 5. The molecule has 4 rings (SSSR count). The van der Waals surface area contributed by atoms with Gasteiger partial charge >= 0.3 is 0 Å². The number of carbonyl (C=O) groups excluding carboxylic acids is 1. The largest absolute Gasteiger partial charge is 0.504 e. The average Bonchev–Trinajstić information content (AvgIpc) is 2.75. The van der Waals surface area contributed by atoms with Crippen molar-refractivity contribution >= 4 is 17.3 Å². The molecule has 0 saturated heterocycles. The van der Waals surface area contributed by atoms with Crippen LogP contribution in [0.15, 0.2) is 66.7 Å². The van der Waals surface area contributed by atoms with E-state index >= 15 is 0 Å². The van der Waals surface area contributed by atoms with Crippen molar-refractivity contribution in [2.45, 2.75) is 13.1 Å². The molecule has 0 aromatic heterocycles. The lowest BCUT2D eigenvalue weighted by molar-refractivity contribution is 0.0974. The van der Waals surface area contributed by atoms with Gasteiger partial charge in [-0.05, 0) is 49.4 Å². The number of hydrogen-bond acceptors (Lipinski definition) is 5. The molecule has 0 radical (unpaired) electrons. The number of methoxy groups -OCH3 is 1. The molecular formula is C23H22N2O4. The average molecular weight is 390 g/mol. The number of benzene rings is 3. The minimum Gasteiger partial charge on any atom is -0.504 e. The summed E-state index contributed by atoms with van der Waals surface area (Å²) < 4.78 is 10.8. The Morgan fingerprint density at radius 1 is 1.03 bits per heavy atom. The smallest absolute Gasteiger partial charge is 0.262 e. The fourth-order valence-electron chi connectivity index (χ4n) is 3.51. The van der Waals surface area contributed by atoms with Crippen molar-refractivity contribution in [1.29, 1.82) is 0 Å². The maximum Gasteiger partial charge on any atom is 0.262 e. The van der Waals surface area contributed by atoms with Crippen LogP contribution in [0.25, 0.3) is 0 Å². The minimum atomic E-state index is -0.605. The molecule has 1 heterocycles. The Bertz CT molecular complexity index is 1030. The Labute approximate surface area is 169 Å². The zero-order valence-corrected chi connectivity index (χ0v) is 16.3. The number of phenolic OH excluding ortho intramolecular Hbond substituents is 1. The summed E-state index contributed by atoms with van der Waals surface area (Å²) in [6.45, 7) is 2.29. The highest BCUT2D eigenvalue weighted by molar-refractivity contribution is 6.12. The molecule has 0 saturated carbocycles. The van der Waals surface area contributed by atoms with E-state index in [9.17, 15) is 9.90 Å². The van der Waals surface area contributed by atoms with Crippen LogP contribution in [0.2, 0.25) is 0 Å². The van der Waals surface area contributed by atoms with Crippen LogP contribution in [-0.2, 0) is 0 Å². The SMILES string of the molecule is CCOc1cccc(C2Nc3ccccc3C(=O)N2c2ccc(OC)cc2)c1O. The van der Waals surface area contributed by atoms with E-state index in [1.165, 1.54) is 0 Å². The molecule has 0 aliphatic carbocycles. The number of nitrogens with one attached hydrogen (secondary N) is 1. The zero-order valence-electron chi connectivity index (χ0n) is 16.3. The third kappa shape index (κ3) is 3.33. The second kappa shape index (κ2) is 7.75. The molecule has 6 heteroatoms. The second-order valence-corrected chi connectivity index (χ2v) is 6.59. The molecule has 1 unspecified atom stereocenters. The second-order valence-electron chi connectivity index (χ2n) is 6.59. The Kier molecular flexibility index (Phi) is 4.99. The quantitative estimate of drug-likeness (QED) is 0.668. The van der Waals surface area contributed by atoms with Crippen LogP contribution < -0.4 is 19.7 Å². The van der Waals surface area contributed by atoms with E-state index in [1.54, 1.807) is 48.4 Å². The van der Waals surface area contributed by atoms with Crippen molar-refractivity contribution in [3.63, 3.8) is 0 Å². The van der Waals surface area contributed by atoms with Crippen LogP contribution >= 0.6 is 0 Å². The van der Waals surface area contributed by atoms with Gasteiger partial charge in [-0.1, -0.05) is 24.3 Å². The van der Waals surface area contributed by atoms with Gasteiger partial charge in [-0.3, -0.25) is 9.69 Å². The molecule has 148 valence electrons. The van der Waals surface area contributed by atoms with Crippen molar-refractivity contribution in [3.05, 3.63) is 77.9 Å². The lowest BCUT2D eigenvalue weighted by Crippen LogP contribution is -2.43. The molecule has 6 nitrogen and oxygen atoms in total. The summed E-state index contributed by atoms with van der Waals surface area (Å²) in [6.07, 6.45) is -0.605. The molecule has 0 bridgehead atoms. The lowest BCUT2D eigenvalue weighted by atomic mass is 10.0. The van der Waals surface area contributed by atoms with Crippen molar-refractivity contribution in [3.8, 4) is 17.2 Å². The number of para-hydroxylation sites is 2. The molecular weight excluding hydrogens is 368 g/mol. The summed E-state index contributed by atoms with van der Waals surface area (Å²) in [5, 5.41) is 14.2. The first-order valence-electron chi connectivity index (χ1n) is 9.42. The summed E-state index contributed by atoms with van der Waals surface area (Å²) >= 11 is 0. The van der Waals surface area contributed by atoms with E-state index in [2.05, 4.69) is 5.32 Å². The highest BCUT2D eigenvalue weighted by atomic mass is 16.5. The van der Waals surface area contributed by atoms with Gasteiger partial charge in [0.15, 0.2) is 11.5 Å². The molecule has 1 atom stereocenters. The fraction of sp³-hybridized carbons (Fsp3) is 0.174. The van der Waals surface area contributed by atoms with Crippen LogP contribution in [-0.4, -0.2) is 24.7 Å². The number of carbonyl (C=O) groups is 1. The van der Waals surface area contributed by atoms with Gasteiger partial charge in [0.1, 0.15) is 11.9 Å². The molecule has 3 aromatic rings. The predicted molar refractivity (Wildman–Crippen MR) is 112 cm³/mol. The van der Waals surface area contributed by atoms with Gasteiger partial charge in [-0.2, -0.15) is 0 Å². The standard InChI is InChI=1S/C23H22N2O4/c1-3-29-20-10-6-8-18(21(20)26)22-24-19-9-5-4-7-17(19)23(27)25(22)15-11-13-16(28-2)14-12-15/h4-14,22,24,26H,3H2,1-2H3. The Morgan fingerprint density at radius 3 is 2.52 bits per heavy atom. The number of anilines is 2. The van der Waals surface area contributed by atoms with E-state index < -0.39 is 6.17 Å². The third-order valence-electron chi connectivity index (χ3n) is 4.90. The van der Waals surface area contributed by atoms with Gasteiger partial charge in [0.05, 0.1) is 19.3 Å². The maximum atomic E-state index is 13.4. The van der Waals surface area contributed by atoms with Crippen molar-refractivity contribution in [2.24, 2.45) is 0 Å². The number of amides is 1. The summed E-state index contributed by atoms with van der Waals surface area (Å²) in [5.74, 6) is 0.936. The van der Waals surface area contributed by atoms with Gasteiger partial charge in [0, 0.05) is 16.9 Å². The fourth-order valence-corrected chi connectivity index (χ4v) is 3.51. The van der Waals surface area contributed by atoms with Crippen molar-refractivity contribution in [2.75, 3.05) is 23.9 Å². The summed E-state index contributed by atoms with van der Waals surface area (Å²) in [4.78, 5) is 15.1. The third-order valence-corrected chi connectivity index (χ3v) is 4.90. The van der Waals surface area contributed by atoms with Crippen LogP contribution in [0.1, 0.15) is 29.0 Å². The molecule has 29 heavy (non-hydrogen) atoms. The molecule has 0 spiro atoms. The summed E-state index contributed by atoms with van der Waals surface area (Å²) in [6, 6.07) is 19.9. The molecule has 3 aromatic carbocycles. The number of ether oxygens (including phenoxy) is 2. The minimum absolute atomic E-state index is 0.0116. The Balaban J connectivity index is 1.85. The van der Waals surface area contributed by atoms with Crippen LogP contribution in [0.5, 0.6) is 17.2 Å². The van der Waals surface area contributed by atoms with E-state index in [-0.39, 0.29) is 11.7 Å². The van der Waals surface area contributed by atoms with Gasteiger partial charge in [0.2, 0.25) is 0 Å². The number of aromatic hydroxyl groups is 1. The molecule has 1 amide bonds. The molecule has 0 fully saturated rings. The number of hydrogen-bond donors (Lipinski definition) is 2. The maximum absolute atomic E-state index is 13.4. The zero-order chi connectivity index (χ0) is 20.4. The molecule has 1 aliphatic rings. The first-order valence-corrected chi connectivity index (χ1v) is 9.42. The predicted octanol–water partition coefficient (Wildman–Crippen LogP) is 4.57. The monoisotopic (exact) mass is 390 g/mol. The van der Waals surface area contributed by atoms with Gasteiger partial charge in [0.25, 0.3) is 5.91 Å². The normalized spacial score (nSPS) is 15.4. The molecule has 2 N–H and O–H groups in total. The first-order chi connectivity index (χ1) is 14.1. The van der Waals surface area contributed by atoms with Crippen LogP contribution in [0.4, 0.5) is 11.4 Å². The number of fused-ring (bicyclic) bond motifs is 1. The molecule has 1 aliphatic heterocycles. The Hall–Kier alpha value is -3.67. The first kappa shape index (κ1) is 18.7. The topological polar surface area (TPSA) is 71.0 Å². The van der Waals surface area contributed by atoms with Crippen molar-refractivity contribution in [1.82, 2.24) is 0 Å². The van der Waals surface area contributed by atoms with E-state index in [0.717, 1.165) is 0 Å².